The molecule has 3 aromatic rings. The average molecular weight is 521 g/mol. The zero-order valence-electron chi connectivity index (χ0n) is 21.6. The lowest BCUT2D eigenvalue weighted by Crippen LogP contribution is -2.07. The van der Waals surface area contributed by atoms with Crippen molar-refractivity contribution in [3.63, 3.8) is 0 Å². The highest BCUT2D eigenvalue weighted by Gasteiger charge is 2.21. The van der Waals surface area contributed by atoms with Gasteiger partial charge in [-0.05, 0) is 53.1 Å². The highest BCUT2D eigenvalue weighted by Crippen LogP contribution is 2.39. The molecule has 0 unspecified atom stereocenters. The fourth-order valence-corrected chi connectivity index (χ4v) is 3.66. The summed E-state index contributed by atoms with van der Waals surface area (Å²) in [6.45, 7) is 0. The van der Waals surface area contributed by atoms with Crippen molar-refractivity contribution in [3.8, 4) is 28.7 Å². The predicted octanol–water partition coefficient (Wildman–Crippen LogP) is 5.46. The zero-order valence-corrected chi connectivity index (χ0v) is 21.6. The lowest BCUT2D eigenvalue weighted by Gasteiger charge is -2.12. The molecule has 3 rings (SSSR count). The van der Waals surface area contributed by atoms with Crippen LogP contribution in [0.1, 0.15) is 16.7 Å². The first-order chi connectivity index (χ1) is 18.3. The summed E-state index contributed by atoms with van der Waals surface area (Å²) in [4.78, 5) is 23.3. The van der Waals surface area contributed by atoms with E-state index in [2.05, 4.69) is 5.32 Å². The Bertz CT molecular complexity index is 1360. The van der Waals surface area contributed by atoms with Gasteiger partial charge in [0.15, 0.2) is 17.2 Å². The molecule has 0 aliphatic rings. The summed E-state index contributed by atoms with van der Waals surface area (Å²) in [6, 6.07) is 13.8. The van der Waals surface area contributed by atoms with Crippen LogP contribution in [-0.2, 0) is 4.79 Å². The molecule has 0 saturated carbocycles. The number of amides is 1. The van der Waals surface area contributed by atoms with E-state index in [0.717, 1.165) is 11.1 Å². The van der Waals surface area contributed by atoms with Crippen LogP contribution in [-0.4, -0.2) is 46.4 Å². The summed E-state index contributed by atoms with van der Waals surface area (Å²) in [5, 5.41) is 14.2. The molecule has 0 aromatic heterocycles. The average Bonchev–Trinajstić information content (AvgIpc) is 2.93. The first-order valence-corrected chi connectivity index (χ1v) is 11.3. The van der Waals surface area contributed by atoms with Crippen molar-refractivity contribution in [3.05, 3.63) is 81.4 Å². The Morgan fingerprint density at radius 1 is 0.737 bits per heavy atom. The smallest absolute Gasteiger partial charge is 0.315 e. The van der Waals surface area contributed by atoms with Crippen molar-refractivity contribution in [2.75, 3.05) is 40.9 Å². The van der Waals surface area contributed by atoms with Gasteiger partial charge in [-0.3, -0.25) is 14.9 Å². The first-order valence-electron chi connectivity index (χ1n) is 11.3. The summed E-state index contributed by atoms with van der Waals surface area (Å²) in [7, 11) is 7.35. The molecule has 198 valence electrons. The van der Waals surface area contributed by atoms with Gasteiger partial charge in [0.05, 0.1) is 40.5 Å². The number of methoxy groups -OCH3 is 5. The largest absolute Gasteiger partial charge is 0.493 e. The van der Waals surface area contributed by atoms with Gasteiger partial charge in [0.1, 0.15) is 0 Å². The monoisotopic (exact) mass is 520 g/mol. The second kappa shape index (κ2) is 12.8. The molecule has 0 saturated heterocycles. The molecular weight excluding hydrogens is 492 g/mol. The second-order valence-corrected chi connectivity index (χ2v) is 7.77. The number of ether oxygens (including phenoxy) is 5. The van der Waals surface area contributed by atoms with Crippen LogP contribution in [0.15, 0.2) is 54.6 Å². The number of nitro benzene ring substituents is 1. The van der Waals surface area contributed by atoms with Gasteiger partial charge in [0.2, 0.25) is 17.4 Å². The summed E-state index contributed by atoms with van der Waals surface area (Å²) in [6.07, 6.45) is 6.51. The Morgan fingerprint density at radius 2 is 1.29 bits per heavy atom. The van der Waals surface area contributed by atoms with Crippen LogP contribution < -0.4 is 29.0 Å². The van der Waals surface area contributed by atoms with E-state index in [0.29, 0.717) is 28.5 Å². The predicted molar refractivity (Wildman–Crippen MR) is 145 cm³/mol. The maximum atomic E-state index is 12.5. The molecule has 0 aliphatic heterocycles. The summed E-state index contributed by atoms with van der Waals surface area (Å²) < 4.78 is 26.4. The van der Waals surface area contributed by atoms with Gasteiger partial charge in [-0.2, -0.15) is 0 Å². The van der Waals surface area contributed by atoms with Crippen LogP contribution in [0.3, 0.4) is 0 Å². The molecule has 0 atom stereocenters. The minimum Gasteiger partial charge on any atom is -0.493 e. The molecule has 1 N–H and O–H groups in total. The van der Waals surface area contributed by atoms with E-state index < -0.39 is 10.8 Å². The lowest BCUT2D eigenvalue weighted by molar-refractivity contribution is -0.385. The van der Waals surface area contributed by atoms with Gasteiger partial charge in [-0.1, -0.05) is 24.3 Å². The molecule has 3 aromatic carbocycles. The Balaban J connectivity index is 1.76. The molecular formula is C28H28N2O8. The number of anilines is 1. The Morgan fingerprint density at radius 3 is 1.84 bits per heavy atom. The molecule has 10 nitrogen and oxygen atoms in total. The molecule has 10 heteroatoms. The number of hydrogen-bond donors (Lipinski definition) is 1. The van der Waals surface area contributed by atoms with Gasteiger partial charge < -0.3 is 29.0 Å². The van der Waals surface area contributed by atoms with E-state index >= 15 is 0 Å². The maximum absolute atomic E-state index is 12.5. The SMILES string of the molecule is COc1cc(/C=C/c2cccc(NC(=O)/C=C/c3cc(OC)c(OC)c([N+](=O)[O-])c3)c2)cc(OC)c1OC. The number of nitrogens with zero attached hydrogens (tertiary/aromatic N) is 1. The highest BCUT2D eigenvalue weighted by atomic mass is 16.6. The number of nitrogens with one attached hydrogen (secondary N) is 1. The third-order valence-electron chi connectivity index (χ3n) is 5.41. The molecule has 38 heavy (non-hydrogen) atoms. The molecule has 0 heterocycles. The minimum absolute atomic E-state index is 0.00972. The van der Waals surface area contributed by atoms with Crippen molar-refractivity contribution < 1.29 is 33.4 Å². The lowest BCUT2D eigenvalue weighted by atomic mass is 10.1. The van der Waals surface area contributed by atoms with Crippen LogP contribution in [0.25, 0.3) is 18.2 Å². The van der Waals surface area contributed by atoms with Crippen molar-refractivity contribution in [1.29, 1.82) is 0 Å². The number of carbonyl (C=O) groups excluding carboxylic acids is 1. The van der Waals surface area contributed by atoms with E-state index in [1.165, 1.54) is 32.4 Å². The molecule has 0 fully saturated rings. The number of carbonyl (C=O) groups is 1. The number of rotatable bonds is 11. The van der Waals surface area contributed by atoms with Crippen molar-refractivity contribution in [1.82, 2.24) is 0 Å². The van der Waals surface area contributed by atoms with Gasteiger partial charge in [0, 0.05) is 17.8 Å². The maximum Gasteiger partial charge on any atom is 0.315 e. The standard InChI is InChI=1S/C28H28N2O8/c1-34-23-15-19(14-22(30(32)33)27(23)37-4)11-12-26(31)29-21-8-6-7-18(13-21)9-10-20-16-24(35-2)28(38-5)25(17-20)36-3/h6-17H,1-5H3,(H,29,31)/b10-9+,12-11+. The zero-order chi connectivity index (χ0) is 27.7. The van der Waals surface area contributed by atoms with E-state index in [9.17, 15) is 14.9 Å². The molecule has 0 bridgehead atoms. The number of benzene rings is 3. The van der Waals surface area contributed by atoms with Crippen molar-refractivity contribution in [2.45, 2.75) is 0 Å². The third kappa shape index (κ3) is 6.61. The van der Waals surface area contributed by atoms with Gasteiger partial charge in [0.25, 0.3) is 0 Å². The van der Waals surface area contributed by atoms with Crippen molar-refractivity contribution in [2.24, 2.45) is 0 Å². The fourth-order valence-electron chi connectivity index (χ4n) is 3.66. The minimum atomic E-state index is -0.574. The van der Waals surface area contributed by atoms with Crippen LogP contribution in [0.2, 0.25) is 0 Å². The van der Waals surface area contributed by atoms with Gasteiger partial charge in [-0.15, -0.1) is 0 Å². The topological polar surface area (TPSA) is 118 Å². The van der Waals surface area contributed by atoms with Crippen LogP contribution >= 0.6 is 0 Å². The van der Waals surface area contributed by atoms with E-state index in [4.69, 9.17) is 23.7 Å². The van der Waals surface area contributed by atoms with E-state index in [1.807, 2.05) is 42.5 Å². The number of nitro groups is 1. The third-order valence-corrected chi connectivity index (χ3v) is 5.41. The van der Waals surface area contributed by atoms with Crippen LogP contribution in [0.4, 0.5) is 11.4 Å². The second-order valence-electron chi connectivity index (χ2n) is 7.77. The van der Waals surface area contributed by atoms with Crippen LogP contribution in [0.5, 0.6) is 28.7 Å². The Labute approximate surface area is 220 Å². The summed E-state index contributed by atoms with van der Waals surface area (Å²) in [5.74, 6) is 1.38. The van der Waals surface area contributed by atoms with E-state index in [-0.39, 0.29) is 17.2 Å². The Hall–Kier alpha value is -4.99. The quantitative estimate of drug-likeness (QED) is 0.153. The molecule has 0 radical (unpaired) electrons. The number of hydrogen-bond acceptors (Lipinski definition) is 8. The molecule has 0 aliphatic carbocycles. The van der Waals surface area contributed by atoms with Crippen LogP contribution in [0, 0.1) is 10.1 Å². The normalized spacial score (nSPS) is 10.9. The summed E-state index contributed by atoms with van der Waals surface area (Å²) in [5.41, 5.74) is 2.40. The van der Waals surface area contributed by atoms with Gasteiger partial charge in [-0.25, -0.2) is 0 Å². The van der Waals surface area contributed by atoms with E-state index in [1.54, 1.807) is 33.5 Å². The first kappa shape index (κ1) is 27.6. The summed E-state index contributed by atoms with van der Waals surface area (Å²) >= 11 is 0. The molecule has 0 spiro atoms. The van der Waals surface area contributed by atoms with Crippen molar-refractivity contribution >= 4 is 35.5 Å². The van der Waals surface area contributed by atoms with Gasteiger partial charge >= 0.3 is 5.69 Å². The highest BCUT2D eigenvalue weighted by molar-refractivity contribution is 6.02. The molecule has 1 amide bonds. The fraction of sp³-hybridized carbons (Fsp3) is 0.179. The Kier molecular flexibility index (Phi) is 9.31.